The maximum Gasteiger partial charge on any atom is 0.422 e. The van der Waals surface area contributed by atoms with E-state index in [0.29, 0.717) is 0 Å². The SMILES string of the molecule is CC(N)c1cccc(OCC(F)(F)F)c1. The maximum atomic E-state index is 11.9. The lowest BCUT2D eigenvalue weighted by Gasteiger charge is -2.11. The molecule has 0 fully saturated rings. The van der Waals surface area contributed by atoms with Gasteiger partial charge in [0, 0.05) is 6.04 Å². The first-order chi connectivity index (χ1) is 6.88. The summed E-state index contributed by atoms with van der Waals surface area (Å²) in [5.41, 5.74) is 6.33. The molecule has 2 nitrogen and oxygen atoms in total. The summed E-state index contributed by atoms with van der Waals surface area (Å²) in [7, 11) is 0. The highest BCUT2D eigenvalue weighted by Gasteiger charge is 2.28. The Kier molecular flexibility index (Phi) is 3.57. The Morgan fingerprint density at radius 2 is 2.07 bits per heavy atom. The van der Waals surface area contributed by atoms with Crippen molar-refractivity contribution in [3.05, 3.63) is 29.8 Å². The highest BCUT2D eigenvalue weighted by Crippen LogP contribution is 2.21. The quantitative estimate of drug-likeness (QED) is 0.848. The number of nitrogens with two attached hydrogens (primary N) is 1. The van der Waals surface area contributed by atoms with Gasteiger partial charge in [-0.05, 0) is 24.6 Å². The summed E-state index contributed by atoms with van der Waals surface area (Å²) in [5.74, 6) is 0.183. The average Bonchev–Trinajstić information content (AvgIpc) is 2.14. The van der Waals surface area contributed by atoms with Crippen LogP contribution in [0.15, 0.2) is 24.3 Å². The molecule has 0 aromatic heterocycles. The van der Waals surface area contributed by atoms with Crippen molar-refractivity contribution in [3.63, 3.8) is 0 Å². The Morgan fingerprint density at radius 3 is 2.60 bits per heavy atom. The van der Waals surface area contributed by atoms with Crippen LogP contribution in [0, 0.1) is 0 Å². The van der Waals surface area contributed by atoms with E-state index in [0.717, 1.165) is 5.56 Å². The Balaban J connectivity index is 2.66. The molecule has 0 saturated carbocycles. The van der Waals surface area contributed by atoms with Crippen molar-refractivity contribution in [2.24, 2.45) is 5.73 Å². The highest BCUT2D eigenvalue weighted by atomic mass is 19.4. The van der Waals surface area contributed by atoms with E-state index in [1.165, 1.54) is 12.1 Å². The zero-order valence-electron chi connectivity index (χ0n) is 8.21. The van der Waals surface area contributed by atoms with Crippen LogP contribution in [0.4, 0.5) is 13.2 Å². The van der Waals surface area contributed by atoms with Crippen LogP contribution >= 0.6 is 0 Å². The van der Waals surface area contributed by atoms with Crippen molar-refractivity contribution >= 4 is 0 Å². The lowest BCUT2D eigenvalue weighted by atomic mass is 10.1. The van der Waals surface area contributed by atoms with E-state index in [9.17, 15) is 13.2 Å². The van der Waals surface area contributed by atoms with Crippen molar-refractivity contribution in [2.75, 3.05) is 6.61 Å². The molecule has 1 aromatic rings. The fourth-order valence-electron chi connectivity index (χ4n) is 1.05. The number of alkyl halides is 3. The van der Waals surface area contributed by atoms with Crippen molar-refractivity contribution in [1.82, 2.24) is 0 Å². The first-order valence-electron chi connectivity index (χ1n) is 4.43. The van der Waals surface area contributed by atoms with E-state index >= 15 is 0 Å². The molecule has 0 spiro atoms. The van der Waals surface area contributed by atoms with Gasteiger partial charge < -0.3 is 10.5 Å². The van der Waals surface area contributed by atoms with Gasteiger partial charge in [0.1, 0.15) is 5.75 Å². The smallest absolute Gasteiger partial charge is 0.422 e. The third kappa shape index (κ3) is 4.20. The number of benzene rings is 1. The minimum atomic E-state index is -4.32. The number of ether oxygens (including phenoxy) is 1. The molecule has 1 unspecified atom stereocenters. The number of hydrogen-bond acceptors (Lipinski definition) is 2. The van der Waals surface area contributed by atoms with Crippen LogP contribution in [0.3, 0.4) is 0 Å². The standard InChI is InChI=1S/C10H12F3NO/c1-7(14)8-3-2-4-9(5-8)15-6-10(11,12)13/h2-5,7H,6,14H2,1H3. The normalized spacial score (nSPS) is 13.7. The second kappa shape index (κ2) is 4.53. The Bertz CT molecular complexity index is 323. The van der Waals surface area contributed by atoms with Crippen LogP contribution in [0.2, 0.25) is 0 Å². The van der Waals surface area contributed by atoms with E-state index in [1.54, 1.807) is 19.1 Å². The molecule has 5 heteroatoms. The van der Waals surface area contributed by atoms with E-state index in [-0.39, 0.29) is 11.8 Å². The fourth-order valence-corrected chi connectivity index (χ4v) is 1.05. The van der Waals surface area contributed by atoms with Gasteiger partial charge in [-0.15, -0.1) is 0 Å². The lowest BCUT2D eigenvalue weighted by molar-refractivity contribution is -0.153. The largest absolute Gasteiger partial charge is 0.484 e. The molecule has 1 aromatic carbocycles. The van der Waals surface area contributed by atoms with Gasteiger partial charge in [-0.1, -0.05) is 12.1 Å². The second-order valence-electron chi connectivity index (χ2n) is 3.27. The molecule has 0 aliphatic rings. The number of halogens is 3. The minimum absolute atomic E-state index is 0.183. The van der Waals surface area contributed by atoms with Gasteiger partial charge in [0.25, 0.3) is 0 Å². The molecular weight excluding hydrogens is 207 g/mol. The number of hydrogen-bond donors (Lipinski definition) is 1. The van der Waals surface area contributed by atoms with Crippen LogP contribution in [0.5, 0.6) is 5.75 Å². The van der Waals surface area contributed by atoms with Crippen LogP contribution in [-0.4, -0.2) is 12.8 Å². The van der Waals surface area contributed by atoms with Crippen LogP contribution < -0.4 is 10.5 Å². The monoisotopic (exact) mass is 219 g/mol. The van der Waals surface area contributed by atoms with E-state index in [2.05, 4.69) is 4.74 Å². The molecular formula is C10H12F3NO. The van der Waals surface area contributed by atoms with Gasteiger partial charge in [0.2, 0.25) is 0 Å². The van der Waals surface area contributed by atoms with Gasteiger partial charge >= 0.3 is 6.18 Å². The van der Waals surface area contributed by atoms with Gasteiger partial charge in [-0.2, -0.15) is 13.2 Å². The van der Waals surface area contributed by atoms with E-state index < -0.39 is 12.8 Å². The predicted molar refractivity (Wildman–Crippen MR) is 50.6 cm³/mol. The van der Waals surface area contributed by atoms with Gasteiger partial charge in [-0.3, -0.25) is 0 Å². The van der Waals surface area contributed by atoms with Gasteiger partial charge in [0.15, 0.2) is 6.61 Å². The summed E-state index contributed by atoms with van der Waals surface area (Å²) in [5, 5.41) is 0. The molecule has 0 heterocycles. The fraction of sp³-hybridized carbons (Fsp3) is 0.400. The molecule has 0 amide bonds. The first-order valence-corrected chi connectivity index (χ1v) is 4.43. The second-order valence-corrected chi connectivity index (χ2v) is 3.27. The van der Waals surface area contributed by atoms with Crippen molar-refractivity contribution in [1.29, 1.82) is 0 Å². The molecule has 0 aliphatic carbocycles. The lowest BCUT2D eigenvalue weighted by Crippen LogP contribution is -2.19. The first kappa shape index (κ1) is 11.8. The zero-order valence-corrected chi connectivity index (χ0v) is 8.21. The summed E-state index contributed by atoms with van der Waals surface area (Å²) in [6.45, 7) is 0.471. The van der Waals surface area contributed by atoms with Crippen molar-refractivity contribution in [2.45, 2.75) is 19.1 Å². The Hall–Kier alpha value is -1.23. The summed E-state index contributed by atoms with van der Waals surface area (Å²) in [4.78, 5) is 0. The van der Waals surface area contributed by atoms with Crippen molar-refractivity contribution < 1.29 is 17.9 Å². The molecule has 1 rings (SSSR count). The van der Waals surface area contributed by atoms with Crippen LogP contribution in [0.25, 0.3) is 0 Å². The predicted octanol–water partition coefficient (Wildman–Crippen LogP) is 2.65. The van der Waals surface area contributed by atoms with E-state index in [4.69, 9.17) is 5.73 Å². The number of rotatable bonds is 3. The molecule has 15 heavy (non-hydrogen) atoms. The molecule has 0 saturated heterocycles. The topological polar surface area (TPSA) is 35.2 Å². The van der Waals surface area contributed by atoms with E-state index in [1.807, 2.05) is 0 Å². The summed E-state index contributed by atoms with van der Waals surface area (Å²) in [6, 6.07) is 6.11. The Labute approximate surface area is 85.8 Å². The summed E-state index contributed by atoms with van der Waals surface area (Å²) >= 11 is 0. The van der Waals surface area contributed by atoms with Crippen LogP contribution in [0.1, 0.15) is 18.5 Å². The molecule has 0 radical (unpaired) electrons. The third-order valence-corrected chi connectivity index (χ3v) is 1.79. The third-order valence-electron chi connectivity index (χ3n) is 1.79. The highest BCUT2D eigenvalue weighted by molar-refractivity contribution is 5.30. The maximum absolute atomic E-state index is 11.9. The minimum Gasteiger partial charge on any atom is -0.484 e. The summed E-state index contributed by atoms with van der Waals surface area (Å²) in [6.07, 6.45) is -4.32. The molecule has 0 aliphatic heterocycles. The van der Waals surface area contributed by atoms with Crippen LogP contribution in [-0.2, 0) is 0 Å². The molecule has 2 N–H and O–H groups in total. The molecule has 1 atom stereocenters. The zero-order chi connectivity index (χ0) is 11.5. The van der Waals surface area contributed by atoms with Gasteiger partial charge in [-0.25, -0.2) is 0 Å². The Morgan fingerprint density at radius 1 is 1.40 bits per heavy atom. The molecule has 0 bridgehead atoms. The van der Waals surface area contributed by atoms with Crippen molar-refractivity contribution in [3.8, 4) is 5.75 Å². The summed E-state index contributed by atoms with van der Waals surface area (Å²) < 4.78 is 40.1. The average molecular weight is 219 g/mol. The molecule has 84 valence electrons. The van der Waals surface area contributed by atoms with Gasteiger partial charge in [0.05, 0.1) is 0 Å².